The predicted molar refractivity (Wildman–Crippen MR) is 93.0 cm³/mol. The number of anilines is 1. The number of rotatable bonds is 8. The maximum absolute atomic E-state index is 12.3. The van der Waals surface area contributed by atoms with Gasteiger partial charge in [-0.3, -0.25) is 14.9 Å². The van der Waals surface area contributed by atoms with Crippen LogP contribution in [0.5, 0.6) is 0 Å². The lowest BCUT2D eigenvalue weighted by Crippen LogP contribution is -2.33. The first-order valence-electron chi connectivity index (χ1n) is 7.94. The number of aromatic nitrogens is 3. The van der Waals surface area contributed by atoms with Gasteiger partial charge >= 0.3 is 0 Å². The number of nitrogens with zero attached hydrogens (tertiary/aromatic N) is 4. The lowest BCUT2D eigenvalue weighted by molar-refractivity contribution is -0.130. The molecule has 0 radical (unpaired) electrons. The van der Waals surface area contributed by atoms with Crippen LogP contribution in [0.25, 0.3) is 0 Å². The average Bonchev–Trinajstić information content (AvgIpc) is 3.02. The Morgan fingerprint density at radius 3 is 2.46 bits per heavy atom. The molecule has 0 aliphatic rings. The Bertz CT molecular complexity index is 668. The van der Waals surface area contributed by atoms with Crippen molar-refractivity contribution in [3.8, 4) is 0 Å². The average molecular weight is 347 g/mol. The minimum Gasteiger partial charge on any atom is -0.342 e. The summed E-state index contributed by atoms with van der Waals surface area (Å²) in [6.07, 6.45) is 5.12. The molecule has 7 nitrogen and oxygen atoms in total. The van der Waals surface area contributed by atoms with Crippen LogP contribution >= 0.6 is 11.3 Å². The van der Waals surface area contributed by atoms with Crippen molar-refractivity contribution < 1.29 is 9.59 Å². The SMILES string of the molecule is CCCN(CCC)C(=O)Cc1csc(NC(=O)c2ncccn2)n1. The molecule has 0 unspecified atom stereocenters. The van der Waals surface area contributed by atoms with Gasteiger partial charge in [0, 0.05) is 30.9 Å². The summed E-state index contributed by atoms with van der Waals surface area (Å²) in [4.78, 5) is 38.2. The molecule has 2 rings (SSSR count). The molecule has 0 spiro atoms. The van der Waals surface area contributed by atoms with E-state index in [-0.39, 0.29) is 18.2 Å². The first-order chi connectivity index (χ1) is 11.6. The van der Waals surface area contributed by atoms with Crippen LogP contribution in [0, 0.1) is 0 Å². The third-order valence-electron chi connectivity index (χ3n) is 3.21. The van der Waals surface area contributed by atoms with Gasteiger partial charge in [-0.05, 0) is 18.9 Å². The highest BCUT2D eigenvalue weighted by Crippen LogP contribution is 2.17. The predicted octanol–water partition coefficient (Wildman–Crippen LogP) is 2.38. The van der Waals surface area contributed by atoms with Crippen LogP contribution in [0.2, 0.25) is 0 Å². The molecule has 2 heterocycles. The third kappa shape index (κ3) is 5.09. The highest BCUT2D eigenvalue weighted by atomic mass is 32.1. The van der Waals surface area contributed by atoms with Crippen LogP contribution in [-0.2, 0) is 11.2 Å². The Balaban J connectivity index is 1.95. The fourth-order valence-electron chi connectivity index (χ4n) is 2.18. The van der Waals surface area contributed by atoms with E-state index in [0.717, 1.165) is 25.9 Å². The molecule has 0 atom stereocenters. The summed E-state index contributed by atoms with van der Waals surface area (Å²) in [5, 5.41) is 4.87. The number of carbonyl (C=O) groups excluding carboxylic acids is 2. The highest BCUT2D eigenvalue weighted by Gasteiger charge is 2.16. The Hall–Kier alpha value is -2.35. The van der Waals surface area contributed by atoms with Crippen molar-refractivity contribution in [3.05, 3.63) is 35.4 Å². The zero-order valence-corrected chi connectivity index (χ0v) is 14.7. The van der Waals surface area contributed by atoms with Gasteiger partial charge in [-0.15, -0.1) is 11.3 Å². The van der Waals surface area contributed by atoms with Crippen molar-refractivity contribution in [1.82, 2.24) is 19.9 Å². The van der Waals surface area contributed by atoms with Gasteiger partial charge < -0.3 is 4.90 Å². The minimum atomic E-state index is -0.415. The molecule has 24 heavy (non-hydrogen) atoms. The molecule has 128 valence electrons. The lowest BCUT2D eigenvalue weighted by Gasteiger charge is -2.20. The Morgan fingerprint density at radius 1 is 1.17 bits per heavy atom. The monoisotopic (exact) mass is 347 g/mol. The zero-order valence-electron chi connectivity index (χ0n) is 13.9. The summed E-state index contributed by atoms with van der Waals surface area (Å²) in [6.45, 7) is 5.62. The molecule has 0 saturated heterocycles. The van der Waals surface area contributed by atoms with E-state index in [0.29, 0.717) is 10.8 Å². The lowest BCUT2D eigenvalue weighted by atomic mass is 10.2. The van der Waals surface area contributed by atoms with Crippen LogP contribution in [0.4, 0.5) is 5.13 Å². The van der Waals surface area contributed by atoms with E-state index < -0.39 is 5.91 Å². The molecule has 2 aromatic rings. The number of hydrogen-bond donors (Lipinski definition) is 1. The highest BCUT2D eigenvalue weighted by molar-refractivity contribution is 7.14. The van der Waals surface area contributed by atoms with Crippen molar-refractivity contribution in [1.29, 1.82) is 0 Å². The minimum absolute atomic E-state index is 0.0632. The van der Waals surface area contributed by atoms with Gasteiger partial charge in [0.05, 0.1) is 12.1 Å². The van der Waals surface area contributed by atoms with E-state index in [4.69, 9.17) is 0 Å². The Morgan fingerprint density at radius 2 is 1.83 bits per heavy atom. The molecule has 2 amide bonds. The Kier molecular flexibility index (Phi) is 6.80. The molecule has 8 heteroatoms. The fourth-order valence-corrected chi connectivity index (χ4v) is 2.89. The van der Waals surface area contributed by atoms with E-state index in [1.165, 1.54) is 23.7 Å². The summed E-state index contributed by atoms with van der Waals surface area (Å²) in [6, 6.07) is 1.64. The van der Waals surface area contributed by atoms with Crippen molar-refractivity contribution in [2.24, 2.45) is 0 Å². The molecule has 0 fully saturated rings. The molecule has 0 aliphatic carbocycles. The summed E-state index contributed by atoms with van der Waals surface area (Å²) < 4.78 is 0. The molecule has 0 bridgehead atoms. The normalized spacial score (nSPS) is 10.4. The van der Waals surface area contributed by atoms with E-state index in [2.05, 4.69) is 34.1 Å². The van der Waals surface area contributed by atoms with Crippen LogP contribution in [0.3, 0.4) is 0 Å². The van der Waals surface area contributed by atoms with Gasteiger partial charge in [-0.2, -0.15) is 0 Å². The van der Waals surface area contributed by atoms with E-state index in [1.54, 1.807) is 11.4 Å². The number of amides is 2. The molecule has 0 aromatic carbocycles. The van der Waals surface area contributed by atoms with Gasteiger partial charge in [0.15, 0.2) is 5.13 Å². The van der Waals surface area contributed by atoms with Crippen LogP contribution in [0.1, 0.15) is 43.0 Å². The third-order valence-corrected chi connectivity index (χ3v) is 4.02. The van der Waals surface area contributed by atoms with E-state index >= 15 is 0 Å². The topological polar surface area (TPSA) is 88.1 Å². The second-order valence-electron chi connectivity index (χ2n) is 5.23. The maximum atomic E-state index is 12.3. The van der Waals surface area contributed by atoms with Crippen LogP contribution in [0.15, 0.2) is 23.8 Å². The first-order valence-corrected chi connectivity index (χ1v) is 8.82. The van der Waals surface area contributed by atoms with Crippen LogP contribution < -0.4 is 5.32 Å². The van der Waals surface area contributed by atoms with Crippen LogP contribution in [-0.4, -0.2) is 44.8 Å². The summed E-state index contributed by atoms with van der Waals surface area (Å²) >= 11 is 1.28. The summed E-state index contributed by atoms with van der Waals surface area (Å²) in [5.41, 5.74) is 0.659. The van der Waals surface area contributed by atoms with Gasteiger partial charge in [-0.1, -0.05) is 13.8 Å². The molecule has 1 N–H and O–H groups in total. The number of hydrogen-bond acceptors (Lipinski definition) is 6. The van der Waals surface area contributed by atoms with E-state index in [9.17, 15) is 9.59 Å². The quantitative estimate of drug-likeness (QED) is 0.792. The number of nitrogens with one attached hydrogen (secondary N) is 1. The second-order valence-corrected chi connectivity index (χ2v) is 6.09. The van der Waals surface area contributed by atoms with Crippen molar-refractivity contribution >= 4 is 28.3 Å². The van der Waals surface area contributed by atoms with Gasteiger partial charge in [-0.25, -0.2) is 15.0 Å². The molecular weight excluding hydrogens is 326 g/mol. The van der Waals surface area contributed by atoms with Gasteiger partial charge in [0.1, 0.15) is 0 Å². The zero-order chi connectivity index (χ0) is 17.4. The largest absolute Gasteiger partial charge is 0.342 e. The molecule has 0 saturated carbocycles. The smallest absolute Gasteiger partial charge is 0.295 e. The molecule has 0 aliphatic heterocycles. The standard InChI is InChI=1S/C16H21N5O2S/c1-3-8-21(9-4-2)13(22)10-12-11-24-16(19-12)20-15(23)14-17-6-5-7-18-14/h5-7,11H,3-4,8-10H2,1-2H3,(H,19,20,23). The fraction of sp³-hybridized carbons (Fsp3) is 0.438. The first kappa shape index (κ1) is 18.0. The second kappa shape index (κ2) is 9.07. The van der Waals surface area contributed by atoms with Gasteiger partial charge in [0.25, 0.3) is 5.91 Å². The Labute approximate surface area is 145 Å². The molecular formula is C16H21N5O2S. The van der Waals surface area contributed by atoms with Crippen molar-refractivity contribution in [3.63, 3.8) is 0 Å². The summed E-state index contributed by atoms with van der Waals surface area (Å²) in [5.74, 6) is -0.267. The van der Waals surface area contributed by atoms with Gasteiger partial charge in [0.2, 0.25) is 11.7 Å². The molecule has 2 aromatic heterocycles. The van der Waals surface area contributed by atoms with E-state index in [1.807, 2.05) is 4.90 Å². The number of thiazole rings is 1. The number of carbonyl (C=O) groups is 2. The summed E-state index contributed by atoms with van der Waals surface area (Å²) in [7, 11) is 0. The van der Waals surface area contributed by atoms with Crippen molar-refractivity contribution in [2.45, 2.75) is 33.1 Å². The van der Waals surface area contributed by atoms with Crippen molar-refractivity contribution in [2.75, 3.05) is 18.4 Å². The maximum Gasteiger partial charge on any atom is 0.295 e.